The van der Waals surface area contributed by atoms with E-state index < -0.39 is 10.8 Å². The molecule has 3 rings (SSSR count). The van der Waals surface area contributed by atoms with Crippen molar-refractivity contribution in [1.82, 2.24) is 4.98 Å². The lowest BCUT2D eigenvalue weighted by molar-refractivity contribution is -0.384. The number of nitro benzene ring substituents is 1. The number of nitrogens with one attached hydrogen (secondary N) is 1. The molecule has 0 unspecified atom stereocenters. The van der Waals surface area contributed by atoms with Crippen LogP contribution in [0.4, 0.5) is 10.8 Å². The van der Waals surface area contributed by atoms with Gasteiger partial charge in [-0.3, -0.25) is 20.2 Å². The Bertz CT molecular complexity index is 922. The van der Waals surface area contributed by atoms with E-state index in [0.717, 1.165) is 11.3 Å². The zero-order chi connectivity index (χ0) is 16.6. The molecule has 0 aliphatic carbocycles. The molecule has 0 spiro atoms. The zero-order valence-corrected chi connectivity index (χ0v) is 13.6. The zero-order valence-electron chi connectivity index (χ0n) is 11.2. The van der Waals surface area contributed by atoms with Crippen LogP contribution in [-0.2, 0) is 0 Å². The van der Waals surface area contributed by atoms with E-state index in [1.807, 2.05) is 0 Å². The summed E-state index contributed by atoms with van der Waals surface area (Å²) in [5.74, 6) is -0.414. The number of thiazole rings is 1. The highest BCUT2D eigenvalue weighted by molar-refractivity contribution is 7.22. The van der Waals surface area contributed by atoms with Crippen LogP contribution in [0.2, 0.25) is 10.0 Å². The van der Waals surface area contributed by atoms with Crippen molar-refractivity contribution in [3.05, 3.63) is 62.1 Å². The molecule has 0 radical (unpaired) electrons. The Balaban J connectivity index is 1.88. The normalized spacial score (nSPS) is 10.7. The molecule has 23 heavy (non-hydrogen) atoms. The van der Waals surface area contributed by atoms with Gasteiger partial charge in [0, 0.05) is 27.7 Å². The molecule has 1 amide bonds. The highest BCUT2D eigenvalue weighted by Gasteiger charge is 2.13. The molecule has 0 fully saturated rings. The molecule has 0 bridgehead atoms. The molecule has 0 aliphatic rings. The van der Waals surface area contributed by atoms with Crippen LogP contribution in [0, 0.1) is 10.1 Å². The third kappa shape index (κ3) is 3.42. The topological polar surface area (TPSA) is 85.1 Å². The summed E-state index contributed by atoms with van der Waals surface area (Å²) in [6.07, 6.45) is 0. The van der Waals surface area contributed by atoms with E-state index in [2.05, 4.69) is 10.3 Å². The Kier molecular flexibility index (Phi) is 4.16. The van der Waals surface area contributed by atoms with Crippen molar-refractivity contribution in [3.8, 4) is 0 Å². The Hall–Kier alpha value is -2.22. The molecule has 6 nitrogen and oxygen atoms in total. The second-order valence-electron chi connectivity index (χ2n) is 4.54. The van der Waals surface area contributed by atoms with Crippen molar-refractivity contribution in [2.75, 3.05) is 5.32 Å². The molecular weight excluding hydrogens is 361 g/mol. The van der Waals surface area contributed by atoms with Crippen LogP contribution >= 0.6 is 34.5 Å². The van der Waals surface area contributed by atoms with Crippen molar-refractivity contribution in [3.63, 3.8) is 0 Å². The first-order valence-corrected chi connectivity index (χ1v) is 7.82. The average molecular weight is 368 g/mol. The summed E-state index contributed by atoms with van der Waals surface area (Å²) in [5.41, 5.74) is 0.841. The lowest BCUT2D eigenvalue weighted by Gasteiger charge is -2.02. The van der Waals surface area contributed by atoms with E-state index in [1.165, 1.54) is 36.4 Å². The molecule has 1 N–H and O–H groups in total. The lowest BCUT2D eigenvalue weighted by atomic mass is 10.2. The Morgan fingerprint density at radius 2 is 1.87 bits per heavy atom. The fraction of sp³-hybridized carbons (Fsp3) is 0. The van der Waals surface area contributed by atoms with E-state index >= 15 is 0 Å². The van der Waals surface area contributed by atoms with Crippen LogP contribution in [0.25, 0.3) is 10.2 Å². The number of nitrogens with zero attached hydrogens (tertiary/aromatic N) is 2. The molecule has 0 aliphatic heterocycles. The van der Waals surface area contributed by atoms with E-state index in [1.54, 1.807) is 0 Å². The van der Waals surface area contributed by atoms with Crippen LogP contribution in [0.15, 0.2) is 36.4 Å². The largest absolute Gasteiger partial charge is 0.298 e. The predicted molar refractivity (Wildman–Crippen MR) is 90.7 cm³/mol. The molecule has 116 valence electrons. The maximum atomic E-state index is 12.2. The van der Waals surface area contributed by atoms with E-state index in [0.29, 0.717) is 31.0 Å². The maximum Gasteiger partial charge on any atom is 0.270 e. The van der Waals surface area contributed by atoms with Gasteiger partial charge >= 0.3 is 0 Å². The third-order valence-corrected chi connectivity index (χ3v) is 4.30. The van der Waals surface area contributed by atoms with Crippen molar-refractivity contribution in [2.45, 2.75) is 0 Å². The number of halogens is 2. The monoisotopic (exact) mass is 367 g/mol. The number of hydrogen-bond donors (Lipinski definition) is 1. The number of amides is 1. The van der Waals surface area contributed by atoms with Crippen molar-refractivity contribution < 1.29 is 9.72 Å². The molecule has 9 heteroatoms. The molecular formula is C14H7Cl2N3O3S. The summed E-state index contributed by atoms with van der Waals surface area (Å²) in [6.45, 7) is 0. The number of non-ortho nitro benzene ring substituents is 1. The van der Waals surface area contributed by atoms with E-state index in [9.17, 15) is 14.9 Å². The minimum Gasteiger partial charge on any atom is -0.298 e. The van der Waals surface area contributed by atoms with Gasteiger partial charge in [0.1, 0.15) is 0 Å². The fourth-order valence-electron chi connectivity index (χ4n) is 1.93. The maximum absolute atomic E-state index is 12.2. The van der Waals surface area contributed by atoms with Gasteiger partial charge in [0.15, 0.2) is 5.13 Å². The van der Waals surface area contributed by atoms with Crippen molar-refractivity contribution in [2.24, 2.45) is 0 Å². The van der Waals surface area contributed by atoms with Gasteiger partial charge in [0.25, 0.3) is 11.6 Å². The van der Waals surface area contributed by atoms with Gasteiger partial charge in [-0.1, -0.05) is 34.5 Å². The number of anilines is 1. The number of carbonyl (C=O) groups is 1. The molecule has 3 aromatic rings. The van der Waals surface area contributed by atoms with Crippen LogP contribution in [-0.4, -0.2) is 15.8 Å². The number of aromatic nitrogens is 1. The smallest absolute Gasteiger partial charge is 0.270 e. The van der Waals surface area contributed by atoms with E-state index in [-0.39, 0.29) is 5.69 Å². The molecule has 1 aromatic heterocycles. The minimum absolute atomic E-state index is 0.0272. The van der Waals surface area contributed by atoms with Crippen LogP contribution in [0.1, 0.15) is 10.4 Å². The standard InChI is InChI=1S/C14H7Cl2N3O3S/c15-8-3-7(4-9(16)5-8)13(20)18-14-17-11-2-1-10(19(21)22)6-12(11)23-14/h1-6H,(H,17,18,20). The fourth-order valence-corrected chi connectivity index (χ4v) is 3.35. The van der Waals surface area contributed by atoms with Gasteiger partial charge in [-0.05, 0) is 24.3 Å². The van der Waals surface area contributed by atoms with Crippen LogP contribution < -0.4 is 5.32 Å². The Labute approximate surface area is 143 Å². The first kappa shape index (κ1) is 15.7. The van der Waals surface area contributed by atoms with Gasteiger partial charge in [-0.2, -0.15) is 0 Å². The second-order valence-corrected chi connectivity index (χ2v) is 6.44. The molecule has 0 atom stereocenters. The summed E-state index contributed by atoms with van der Waals surface area (Å²) in [5, 5.41) is 14.4. The van der Waals surface area contributed by atoms with E-state index in [4.69, 9.17) is 23.2 Å². The molecule has 2 aromatic carbocycles. The first-order valence-electron chi connectivity index (χ1n) is 6.25. The van der Waals surface area contributed by atoms with Crippen LogP contribution in [0.3, 0.4) is 0 Å². The van der Waals surface area contributed by atoms with Gasteiger partial charge in [0.05, 0.1) is 15.1 Å². The summed E-state index contributed by atoms with van der Waals surface area (Å²) in [7, 11) is 0. The highest BCUT2D eigenvalue weighted by Crippen LogP contribution is 2.29. The number of carbonyl (C=O) groups excluding carboxylic acids is 1. The third-order valence-electron chi connectivity index (χ3n) is 2.93. The quantitative estimate of drug-likeness (QED) is 0.533. The summed E-state index contributed by atoms with van der Waals surface area (Å²) < 4.78 is 0.610. The highest BCUT2D eigenvalue weighted by atomic mass is 35.5. The van der Waals surface area contributed by atoms with Gasteiger partial charge < -0.3 is 0 Å². The molecule has 0 saturated carbocycles. The Morgan fingerprint density at radius 1 is 1.17 bits per heavy atom. The summed E-state index contributed by atoms with van der Waals surface area (Å²) in [4.78, 5) is 26.7. The summed E-state index contributed by atoms with van der Waals surface area (Å²) >= 11 is 12.9. The molecule has 0 saturated heterocycles. The molecule has 1 heterocycles. The van der Waals surface area contributed by atoms with Gasteiger partial charge in [0.2, 0.25) is 0 Å². The number of fused-ring (bicyclic) bond motifs is 1. The number of hydrogen-bond acceptors (Lipinski definition) is 5. The van der Waals surface area contributed by atoms with Crippen molar-refractivity contribution >= 4 is 61.5 Å². The Morgan fingerprint density at radius 3 is 2.52 bits per heavy atom. The van der Waals surface area contributed by atoms with Gasteiger partial charge in [-0.15, -0.1) is 0 Å². The first-order chi connectivity index (χ1) is 10.9. The SMILES string of the molecule is O=C(Nc1nc2ccc([N+](=O)[O-])cc2s1)c1cc(Cl)cc(Cl)c1. The van der Waals surface area contributed by atoms with Gasteiger partial charge in [-0.25, -0.2) is 4.98 Å². The minimum atomic E-state index is -0.481. The second kappa shape index (κ2) is 6.11. The number of nitro groups is 1. The van der Waals surface area contributed by atoms with Crippen molar-refractivity contribution in [1.29, 1.82) is 0 Å². The number of rotatable bonds is 3. The van der Waals surface area contributed by atoms with Crippen LogP contribution in [0.5, 0.6) is 0 Å². The predicted octanol–water partition coefficient (Wildman–Crippen LogP) is 4.76. The summed E-state index contributed by atoms with van der Waals surface area (Å²) in [6, 6.07) is 8.82. The number of benzene rings is 2. The lowest BCUT2D eigenvalue weighted by Crippen LogP contribution is -2.11. The average Bonchev–Trinajstić information content (AvgIpc) is 2.87.